The number of esters is 1. The molecule has 130 valence electrons. The lowest BCUT2D eigenvalue weighted by atomic mass is 9.86. The van der Waals surface area contributed by atoms with E-state index in [9.17, 15) is 14.4 Å². The number of nitrogens with zero attached hydrogens (tertiary/aromatic N) is 1. The van der Waals surface area contributed by atoms with E-state index >= 15 is 0 Å². The van der Waals surface area contributed by atoms with Crippen LogP contribution in [0.15, 0.2) is 0 Å². The van der Waals surface area contributed by atoms with Crippen molar-refractivity contribution in [3.8, 4) is 0 Å². The minimum absolute atomic E-state index is 0.0564. The first-order chi connectivity index (χ1) is 11.0. The van der Waals surface area contributed by atoms with Crippen LogP contribution in [0.4, 0.5) is 4.79 Å². The lowest BCUT2D eigenvalue weighted by molar-refractivity contribution is -0.149. The quantitative estimate of drug-likeness (QED) is 0.765. The van der Waals surface area contributed by atoms with Crippen molar-refractivity contribution in [3.05, 3.63) is 0 Å². The van der Waals surface area contributed by atoms with Crippen molar-refractivity contribution in [2.24, 2.45) is 11.8 Å². The Morgan fingerprint density at radius 3 is 2.17 bits per heavy atom. The number of carboxylic acids is 1. The molecular formula is C16H26N2O5. The van der Waals surface area contributed by atoms with E-state index in [1.807, 2.05) is 0 Å². The standard InChI is InChI=1S/C16H26N2O5/c1-2-23-15(21)12-7-9-18(10-8-12)16(22)17-13-5-3-11(4-6-13)14(19)20/h11-13H,2-10H2,1H3,(H,17,22)(H,19,20). The third kappa shape index (κ3) is 4.84. The average Bonchev–Trinajstić information content (AvgIpc) is 2.55. The zero-order valence-electron chi connectivity index (χ0n) is 13.6. The van der Waals surface area contributed by atoms with Gasteiger partial charge >= 0.3 is 18.0 Å². The van der Waals surface area contributed by atoms with Crippen molar-refractivity contribution in [3.63, 3.8) is 0 Å². The van der Waals surface area contributed by atoms with Crippen LogP contribution < -0.4 is 5.32 Å². The summed E-state index contributed by atoms with van der Waals surface area (Å²) in [5, 5.41) is 12.0. The van der Waals surface area contributed by atoms with Gasteiger partial charge in [-0.1, -0.05) is 0 Å². The molecule has 0 aromatic carbocycles. The fourth-order valence-electron chi connectivity index (χ4n) is 3.33. The molecule has 1 aliphatic carbocycles. The fourth-order valence-corrected chi connectivity index (χ4v) is 3.33. The van der Waals surface area contributed by atoms with E-state index in [-0.39, 0.29) is 29.9 Å². The van der Waals surface area contributed by atoms with Gasteiger partial charge in [-0.3, -0.25) is 9.59 Å². The van der Waals surface area contributed by atoms with Crippen LogP contribution in [0.3, 0.4) is 0 Å². The van der Waals surface area contributed by atoms with E-state index in [1.165, 1.54) is 0 Å². The average molecular weight is 326 g/mol. The first-order valence-electron chi connectivity index (χ1n) is 8.46. The largest absolute Gasteiger partial charge is 0.481 e. The highest BCUT2D eigenvalue weighted by Gasteiger charge is 2.31. The molecule has 2 fully saturated rings. The molecular weight excluding hydrogens is 300 g/mol. The fraction of sp³-hybridized carbons (Fsp3) is 0.812. The zero-order chi connectivity index (χ0) is 16.8. The Labute approximate surface area is 136 Å². The van der Waals surface area contributed by atoms with Crippen LogP contribution in [-0.4, -0.2) is 53.7 Å². The monoisotopic (exact) mass is 326 g/mol. The number of nitrogens with one attached hydrogen (secondary N) is 1. The molecule has 1 saturated heterocycles. The number of aliphatic carboxylic acids is 1. The topological polar surface area (TPSA) is 95.9 Å². The van der Waals surface area contributed by atoms with Gasteiger partial charge < -0.3 is 20.1 Å². The lowest BCUT2D eigenvalue weighted by Crippen LogP contribution is -2.49. The molecule has 0 spiro atoms. The number of urea groups is 1. The molecule has 7 nitrogen and oxygen atoms in total. The van der Waals surface area contributed by atoms with Gasteiger partial charge in [-0.25, -0.2) is 4.79 Å². The SMILES string of the molecule is CCOC(=O)C1CCN(C(=O)NC2CCC(C(=O)O)CC2)CC1. The summed E-state index contributed by atoms with van der Waals surface area (Å²) >= 11 is 0. The molecule has 1 heterocycles. The number of carboxylic acid groups (broad SMARTS) is 1. The van der Waals surface area contributed by atoms with Crippen LogP contribution >= 0.6 is 0 Å². The predicted octanol–water partition coefficient (Wildman–Crippen LogP) is 1.61. The first-order valence-corrected chi connectivity index (χ1v) is 8.46. The minimum atomic E-state index is -0.740. The second-order valence-electron chi connectivity index (χ2n) is 6.35. The maximum Gasteiger partial charge on any atom is 0.317 e. The maximum atomic E-state index is 12.3. The smallest absolute Gasteiger partial charge is 0.317 e. The van der Waals surface area contributed by atoms with E-state index in [1.54, 1.807) is 11.8 Å². The van der Waals surface area contributed by atoms with Crippen molar-refractivity contribution in [1.29, 1.82) is 0 Å². The summed E-state index contributed by atoms with van der Waals surface area (Å²) in [5.41, 5.74) is 0. The van der Waals surface area contributed by atoms with Gasteiger partial charge in [0.25, 0.3) is 0 Å². The van der Waals surface area contributed by atoms with Gasteiger partial charge in [0, 0.05) is 19.1 Å². The van der Waals surface area contributed by atoms with Gasteiger partial charge in [-0.2, -0.15) is 0 Å². The zero-order valence-corrected chi connectivity index (χ0v) is 13.6. The number of hydrogen-bond acceptors (Lipinski definition) is 4. The number of ether oxygens (including phenoxy) is 1. The summed E-state index contributed by atoms with van der Waals surface area (Å²) in [5.74, 6) is -1.29. The summed E-state index contributed by atoms with van der Waals surface area (Å²) in [7, 11) is 0. The van der Waals surface area contributed by atoms with Crippen LogP contribution in [0, 0.1) is 11.8 Å². The molecule has 2 amide bonds. The summed E-state index contributed by atoms with van der Waals surface area (Å²) in [6.07, 6.45) is 3.93. The van der Waals surface area contributed by atoms with Crippen molar-refractivity contribution in [1.82, 2.24) is 10.2 Å². The third-order valence-electron chi connectivity index (χ3n) is 4.81. The molecule has 2 aliphatic rings. The molecule has 0 radical (unpaired) electrons. The molecule has 0 aromatic heterocycles. The molecule has 7 heteroatoms. The summed E-state index contributed by atoms with van der Waals surface area (Å²) in [4.78, 5) is 36.6. The molecule has 2 rings (SSSR count). The number of carbonyl (C=O) groups excluding carboxylic acids is 2. The number of rotatable bonds is 4. The highest BCUT2D eigenvalue weighted by molar-refractivity contribution is 5.76. The second-order valence-corrected chi connectivity index (χ2v) is 6.35. The van der Waals surface area contributed by atoms with Gasteiger partial charge in [0.1, 0.15) is 0 Å². The predicted molar refractivity (Wildman–Crippen MR) is 82.8 cm³/mol. The van der Waals surface area contributed by atoms with Gasteiger partial charge in [0.15, 0.2) is 0 Å². The highest BCUT2D eigenvalue weighted by Crippen LogP contribution is 2.25. The van der Waals surface area contributed by atoms with Crippen molar-refractivity contribution >= 4 is 18.0 Å². The normalized spacial score (nSPS) is 25.7. The number of hydrogen-bond donors (Lipinski definition) is 2. The Morgan fingerprint density at radius 2 is 1.65 bits per heavy atom. The molecule has 0 unspecified atom stereocenters. The van der Waals surface area contributed by atoms with Gasteiger partial charge in [-0.15, -0.1) is 0 Å². The van der Waals surface area contributed by atoms with E-state index in [2.05, 4.69) is 5.32 Å². The summed E-state index contributed by atoms with van der Waals surface area (Å²) in [6, 6.07) is -0.0491. The van der Waals surface area contributed by atoms with Crippen LogP contribution in [0.1, 0.15) is 45.4 Å². The molecule has 2 N–H and O–H groups in total. The van der Waals surface area contributed by atoms with Crippen LogP contribution in [-0.2, 0) is 14.3 Å². The Hall–Kier alpha value is -1.79. The summed E-state index contributed by atoms with van der Waals surface area (Å²) in [6.45, 7) is 3.29. The van der Waals surface area contributed by atoms with Gasteiger partial charge in [-0.05, 0) is 45.4 Å². The number of piperidine rings is 1. The third-order valence-corrected chi connectivity index (χ3v) is 4.81. The molecule has 0 atom stereocenters. The Balaban J connectivity index is 1.71. The Bertz CT molecular complexity index is 438. The number of amides is 2. The lowest BCUT2D eigenvalue weighted by Gasteiger charge is -2.33. The van der Waals surface area contributed by atoms with E-state index < -0.39 is 5.97 Å². The summed E-state index contributed by atoms with van der Waals surface area (Å²) < 4.78 is 5.02. The van der Waals surface area contributed by atoms with E-state index in [0.717, 1.165) is 0 Å². The number of likely N-dealkylation sites (tertiary alicyclic amines) is 1. The van der Waals surface area contributed by atoms with E-state index in [0.29, 0.717) is 58.2 Å². The molecule has 1 saturated carbocycles. The second kappa shape index (κ2) is 8.17. The van der Waals surface area contributed by atoms with E-state index in [4.69, 9.17) is 9.84 Å². The van der Waals surface area contributed by atoms with Gasteiger partial charge in [0.2, 0.25) is 0 Å². The maximum absolute atomic E-state index is 12.3. The first kappa shape index (κ1) is 17.6. The molecule has 0 aromatic rings. The van der Waals surface area contributed by atoms with Crippen LogP contribution in [0.25, 0.3) is 0 Å². The Morgan fingerprint density at radius 1 is 1.04 bits per heavy atom. The van der Waals surface area contributed by atoms with Crippen LogP contribution in [0.2, 0.25) is 0 Å². The Kier molecular flexibility index (Phi) is 6.24. The molecule has 0 bridgehead atoms. The number of carbonyl (C=O) groups is 3. The highest BCUT2D eigenvalue weighted by atomic mass is 16.5. The van der Waals surface area contributed by atoms with Crippen molar-refractivity contribution in [2.75, 3.05) is 19.7 Å². The minimum Gasteiger partial charge on any atom is -0.481 e. The van der Waals surface area contributed by atoms with Crippen molar-refractivity contribution in [2.45, 2.75) is 51.5 Å². The molecule has 23 heavy (non-hydrogen) atoms. The van der Waals surface area contributed by atoms with Crippen molar-refractivity contribution < 1.29 is 24.2 Å². The van der Waals surface area contributed by atoms with Gasteiger partial charge in [0.05, 0.1) is 18.4 Å². The van der Waals surface area contributed by atoms with Crippen LogP contribution in [0.5, 0.6) is 0 Å². The molecule has 1 aliphatic heterocycles.